The highest BCUT2D eigenvalue weighted by Gasteiger charge is 2.46. The molecule has 1 aliphatic heterocycles. The van der Waals surface area contributed by atoms with Gasteiger partial charge in [-0.3, -0.25) is 14.6 Å². The largest absolute Gasteiger partial charge is 0.507 e. The van der Waals surface area contributed by atoms with E-state index in [4.69, 9.17) is 4.74 Å². The highest BCUT2D eigenvalue weighted by molar-refractivity contribution is 6.46. The van der Waals surface area contributed by atoms with Crippen LogP contribution < -0.4 is 4.74 Å². The Kier molecular flexibility index (Phi) is 7.55. The van der Waals surface area contributed by atoms with Crippen LogP contribution in [0, 0.1) is 6.92 Å². The number of aliphatic hydroxyl groups excluding tert-OH is 1. The molecule has 1 saturated heterocycles. The number of aryl methyl sites for hydroxylation is 2. The summed E-state index contributed by atoms with van der Waals surface area (Å²) in [6, 6.07) is 25.7. The topological polar surface area (TPSA) is 79.7 Å². The summed E-state index contributed by atoms with van der Waals surface area (Å²) >= 11 is 0. The zero-order valence-corrected chi connectivity index (χ0v) is 22.0. The van der Waals surface area contributed by atoms with Crippen molar-refractivity contribution in [2.75, 3.05) is 0 Å². The Bertz CT molecular complexity index is 1510. The predicted octanol–water partition coefficient (Wildman–Crippen LogP) is 6.15. The minimum atomic E-state index is -0.728. The fourth-order valence-electron chi connectivity index (χ4n) is 4.85. The van der Waals surface area contributed by atoms with Crippen molar-refractivity contribution < 1.29 is 19.4 Å². The molecule has 0 radical (unpaired) electrons. The number of likely N-dealkylation sites (tertiary alicyclic amines) is 1. The minimum Gasteiger partial charge on any atom is -0.507 e. The van der Waals surface area contributed by atoms with Crippen LogP contribution in [-0.2, 0) is 29.2 Å². The average molecular weight is 519 g/mol. The van der Waals surface area contributed by atoms with E-state index in [0.717, 1.165) is 34.2 Å². The highest BCUT2D eigenvalue weighted by atomic mass is 16.5. The lowest BCUT2D eigenvalue weighted by Gasteiger charge is -2.25. The van der Waals surface area contributed by atoms with Gasteiger partial charge in [0.05, 0.1) is 11.6 Å². The van der Waals surface area contributed by atoms with Gasteiger partial charge in [0.1, 0.15) is 18.1 Å². The van der Waals surface area contributed by atoms with E-state index in [1.807, 2.05) is 55.5 Å². The first-order valence-corrected chi connectivity index (χ1v) is 13.0. The number of pyridine rings is 1. The highest BCUT2D eigenvalue weighted by Crippen LogP contribution is 2.40. The van der Waals surface area contributed by atoms with Crippen molar-refractivity contribution in [3.8, 4) is 5.75 Å². The van der Waals surface area contributed by atoms with Crippen LogP contribution in [0.2, 0.25) is 0 Å². The van der Waals surface area contributed by atoms with E-state index >= 15 is 0 Å². The number of hydrogen-bond acceptors (Lipinski definition) is 5. The first-order valence-electron chi connectivity index (χ1n) is 13.0. The molecule has 1 aliphatic rings. The van der Waals surface area contributed by atoms with E-state index in [9.17, 15) is 14.7 Å². The van der Waals surface area contributed by atoms with E-state index in [2.05, 4.69) is 18.0 Å². The molecule has 1 aromatic heterocycles. The number of amides is 1. The third kappa shape index (κ3) is 5.60. The maximum atomic E-state index is 13.3. The zero-order chi connectivity index (χ0) is 27.4. The second-order valence-electron chi connectivity index (χ2n) is 9.69. The fourth-order valence-corrected chi connectivity index (χ4v) is 4.85. The van der Waals surface area contributed by atoms with E-state index in [1.54, 1.807) is 42.7 Å². The van der Waals surface area contributed by atoms with Gasteiger partial charge in [-0.1, -0.05) is 67.1 Å². The van der Waals surface area contributed by atoms with Gasteiger partial charge in [0.15, 0.2) is 0 Å². The van der Waals surface area contributed by atoms with Crippen LogP contribution >= 0.6 is 0 Å². The molecule has 1 N–H and O–H groups in total. The van der Waals surface area contributed by atoms with Crippen LogP contribution in [0.3, 0.4) is 0 Å². The van der Waals surface area contributed by atoms with Gasteiger partial charge in [-0.05, 0) is 65.9 Å². The van der Waals surface area contributed by atoms with E-state index in [1.165, 1.54) is 4.90 Å². The lowest BCUT2D eigenvalue weighted by atomic mass is 9.94. The number of hydrogen-bond donors (Lipinski definition) is 1. The quantitative estimate of drug-likeness (QED) is 0.172. The Balaban J connectivity index is 1.47. The first-order chi connectivity index (χ1) is 18.9. The number of Topliss-reactive ketones (excluding diaryl/α,β-unsaturated/α-hetero) is 1. The normalized spacial score (nSPS) is 16.5. The van der Waals surface area contributed by atoms with Gasteiger partial charge in [-0.25, -0.2) is 0 Å². The summed E-state index contributed by atoms with van der Waals surface area (Å²) in [7, 11) is 0. The number of nitrogens with zero attached hydrogens (tertiary/aromatic N) is 2. The van der Waals surface area contributed by atoms with Crippen molar-refractivity contribution in [1.29, 1.82) is 0 Å². The van der Waals surface area contributed by atoms with Crippen LogP contribution in [0.25, 0.3) is 5.76 Å². The molecule has 196 valence electrons. The Morgan fingerprint density at radius 1 is 0.923 bits per heavy atom. The second kappa shape index (κ2) is 11.4. The van der Waals surface area contributed by atoms with Crippen molar-refractivity contribution in [2.24, 2.45) is 0 Å². The minimum absolute atomic E-state index is 0.0709. The molecular weight excluding hydrogens is 488 g/mol. The standard InChI is InChI=1S/C33H30N2O4/c1-3-23-9-11-26(12-10-23)30-29(32(37)33(38)35(30)20-25-8-5-17-34-19-25)31(36)27-13-15-28(16-14-27)39-21-24-7-4-6-22(2)18-24/h4-19,30,36H,3,20-21H2,1-2H3/b31-29+/t30-/m1/s1. The zero-order valence-electron chi connectivity index (χ0n) is 22.0. The molecule has 6 nitrogen and oxygen atoms in total. The van der Waals surface area contributed by atoms with Crippen LogP contribution in [-0.4, -0.2) is 26.7 Å². The molecule has 0 aliphatic carbocycles. The molecular formula is C33H30N2O4. The van der Waals surface area contributed by atoms with Gasteiger partial charge in [-0.2, -0.15) is 0 Å². The van der Waals surface area contributed by atoms with Crippen molar-refractivity contribution in [3.05, 3.63) is 136 Å². The summed E-state index contributed by atoms with van der Waals surface area (Å²) in [4.78, 5) is 32.2. The number of ketones is 1. The molecule has 1 fully saturated rings. The number of aliphatic hydroxyl groups is 1. The third-order valence-electron chi connectivity index (χ3n) is 6.94. The van der Waals surface area contributed by atoms with Gasteiger partial charge < -0.3 is 14.7 Å². The van der Waals surface area contributed by atoms with Crippen molar-refractivity contribution >= 4 is 17.4 Å². The van der Waals surface area contributed by atoms with E-state index < -0.39 is 17.7 Å². The molecule has 5 rings (SSSR count). The van der Waals surface area contributed by atoms with Gasteiger partial charge >= 0.3 is 0 Å². The Hall–Kier alpha value is -4.71. The van der Waals surface area contributed by atoms with Gasteiger partial charge in [0, 0.05) is 24.5 Å². The smallest absolute Gasteiger partial charge is 0.295 e. The second-order valence-corrected chi connectivity index (χ2v) is 9.69. The number of carbonyl (C=O) groups excluding carboxylic acids is 2. The lowest BCUT2D eigenvalue weighted by Crippen LogP contribution is -2.29. The maximum Gasteiger partial charge on any atom is 0.295 e. The predicted molar refractivity (Wildman–Crippen MR) is 150 cm³/mol. The first kappa shape index (κ1) is 25.9. The fraction of sp³-hybridized carbons (Fsp3) is 0.182. The number of aromatic nitrogens is 1. The number of carbonyl (C=O) groups is 2. The maximum absolute atomic E-state index is 13.3. The number of rotatable bonds is 8. The molecule has 4 aromatic rings. The molecule has 0 saturated carbocycles. The van der Waals surface area contributed by atoms with Crippen LogP contribution in [0.5, 0.6) is 5.75 Å². The molecule has 0 spiro atoms. The molecule has 1 amide bonds. The monoisotopic (exact) mass is 518 g/mol. The average Bonchev–Trinajstić information content (AvgIpc) is 3.21. The summed E-state index contributed by atoms with van der Waals surface area (Å²) in [5, 5.41) is 11.4. The summed E-state index contributed by atoms with van der Waals surface area (Å²) in [6.45, 7) is 4.71. The molecule has 0 bridgehead atoms. The molecule has 2 heterocycles. The van der Waals surface area contributed by atoms with Crippen molar-refractivity contribution in [2.45, 2.75) is 39.5 Å². The Morgan fingerprint density at radius 2 is 1.67 bits per heavy atom. The SMILES string of the molecule is CCc1ccc([C@@H]2/C(=C(\O)c3ccc(OCc4cccc(C)c4)cc3)C(=O)C(=O)N2Cc2cccnc2)cc1. The Morgan fingerprint density at radius 3 is 2.33 bits per heavy atom. The Labute approximate surface area is 228 Å². The van der Waals surface area contributed by atoms with Crippen LogP contribution in [0.1, 0.15) is 46.3 Å². The summed E-state index contributed by atoms with van der Waals surface area (Å²) in [6.07, 6.45) is 4.20. The van der Waals surface area contributed by atoms with Gasteiger partial charge in [0.2, 0.25) is 0 Å². The summed E-state index contributed by atoms with van der Waals surface area (Å²) in [5.41, 5.74) is 5.43. The van der Waals surface area contributed by atoms with Crippen molar-refractivity contribution in [3.63, 3.8) is 0 Å². The molecule has 0 unspecified atom stereocenters. The van der Waals surface area contributed by atoms with Crippen molar-refractivity contribution in [1.82, 2.24) is 9.88 Å². The molecule has 1 atom stereocenters. The number of benzene rings is 3. The van der Waals surface area contributed by atoms with E-state index in [0.29, 0.717) is 17.9 Å². The third-order valence-corrected chi connectivity index (χ3v) is 6.94. The van der Waals surface area contributed by atoms with Crippen LogP contribution in [0.15, 0.2) is 103 Å². The van der Waals surface area contributed by atoms with Crippen LogP contribution in [0.4, 0.5) is 0 Å². The van der Waals surface area contributed by atoms with Gasteiger partial charge in [-0.15, -0.1) is 0 Å². The van der Waals surface area contributed by atoms with Gasteiger partial charge in [0.25, 0.3) is 11.7 Å². The molecule has 39 heavy (non-hydrogen) atoms. The summed E-state index contributed by atoms with van der Waals surface area (Å²) < 4.78 is 5.91. The molecule has 3 aromatic carbocycles. The number of ether oxygens (including phenoxy) is 1. The molecule has 6 heteroatoms. The lowest BCUT2D eigenvalue weighted by molar-refractivity contribution is -0.140. The van der Waals surface area contributed by atoms with E-state index in [-0.39, 0.29) is 17.9 Å². The summed E-state index contributed by atoms with van der Waals surface area (Å²) in [5.74, 6) is -0.933.